The van der Waals surface area contributed by atoms with Crippen LogP contribution in [0.1, 0.15) is 24.6 Å². The van der Waals surface area contributed by atoms with Crippen LogP contribution in [-0.4, -0.2) is 60.9 Å². The Balaban J connectivity index is 1.52. The van der Waals surface area contributed by atoms with E-state index in [0.29, 0.717) is 37.6 Å². The van der Waals surface area contributed by atoms with Gasteiger partial charge in [-0.3, -0.25) is 14.4 Å². The molecule has 0 unspecified atom stereocenters. The number of carbonyl (C=O) groups is 3. The van der Waals surface area contributed by atoms with E-state index < -0.39 is 0 Å². The number of esters is 1. The van der Waals surface area contributed by atoms with E-state index in [-0.39, 0.29) is 30.2 Å². The fourth-order valence-electron chi connectivity index (χ4n) is 3.42. The molecular weight excluding hydrogens is 424 g/mol. The number of piperidine rings is 1. The summed E-state index contributed by atoms with van der Waals surface area (Å²) in [6, 6.07) is 7.81. The van der Waals surface area contributed by atoms with Crippen LogP contribution in [-0.2, 0) is 19.1 Å². The molecule has 0 radical (unpaired) electrons. The highest BCUT2D eigenvalue weighted by atomic mass is 35.5. The Bertz CT molecular complexity index is 963. The number of hydrogen-bond donors (Lipinski definition) is 0. The Labute approximate surface area is 185 Å². The number of likely N-dealkylation sites (N-methyl/N-ethyl adjacent to an activating group) is 1. The Morgan fingerprint density at radius 2 is 1.97 bits per heavy atom. The first-order valence-corrected chi connectivity index (χ1v) is 11.1. The van der Waals surface area contributed by atoms with Crippen LogP contribution < -0.4 is 0 Å². The fourth-order valence-corrected chi connectivity index (χ4v) is 4.82. The van der Waals surface area contributed by atoms with Gasteiger partial charge >= 0.3 is 5.97 Å². The second-order valence-electron chi connectivity index (χ2n) is 7.21. The molecule has 1 fully saturated rings. The third-order valence-corrected chi connectivity index (χ3v) is 6.81. The van der Waals surface area contributed by atoms with Gasteiger partial charge in [0.15, 0.2) is 0 Å². The topological polar surface area (TPSA) is 66.9 Å². The Kier molecular flexibility index (Phi) is 7.50. The summed E-state index contributed by atoms with van der Waals surface area (Å²) in [5.41, 5.74) is 0. The van der Waals surface area contributed by atoms with Crippen molar-refractivity contribution in [1.29, 1.82) is 0 Å². The third-order valence-electron chi connectivity index (χ3n) is 5.15. The van der Waals surface area contributed by atoms with Gasteiger partial charge in [-0.1, -0.05) is 29.8 Å². The molecule has 6 nitrogen and oxygen atoms in total. The van der Waals surface area contributed by atoms with Gasteiger partial charge in [0, 0.05) is 41.2 Å². The lowest BCUT2D eigenvalue weighted by Gasteiger charge is -2.32. The molecule has 0 saturated carbocycles. The van der Waals surface area contributed by atoms with Crippen LogP contribution in [0.3, 0.4) is 0 Å². The number of amides is 2. The number of thiophene rings is 1. The summed E-state index contributed by atoms with van der Waals surface area (Å²) in [4.78, 5) is 40.7. The van der Waals surface area contributed by atoms with Crippen molar-refractivity contribution in [3.8, 4) is 0 Å². The van der Waals surface area contributed by atoms with Crippen LogP contribution in [0.15, 0.2) is 30.3 Å². The number of ether oxygens (including phenoxy) is 1. The van der Waals surface area contributed by atoms with E-state index in [4.69, 9.17) is 16.3 Å². The van der Waals surface area contributed by atoms with Gasteiger partial charge in [0.05, 0.1) is 24.1 Å². The SMILES string of the molecule is CCOC(=O)C1CCN(C(=O)CN(C)C(=O)C=Cc2sc3ccccc3c2Cl)CC1. The molecule has 2 aromatic rings. The molecule has 0 spiro atoms. The van der Waals surface area contributed by atoms with Crippen LogP contribution in [0.4, 0.5) is 0 Å². The summed E-state index contributed by atoms with van der Waals surface area (Å²) in [7, 11) is 1.60. The second-order valence-corrected chi connectivity index (χ2v) is 8.67. The second kappa shape index (κ2) is 10.1. The predicted molar refractivity (Wildman–Crippen MR) is 119 cm³/mol. The van der Waals surface area contributed by atoms with E-state index in [1.807, 2.05) is 24.3 Å². The zero-order valence-electron chi connectivity index (χ0n) is 17.1. The molecule has 0 bridgehead atoms. The lowest BCUT2D eigenvalue weighted by atomic mass is 9.97. The van der Waals surface area contributed by atoms with Crippen molar-refractivity contribution in [3.05, 3.63) is 40.2 Å². The maximum absolute atomic E-state index is 12.5. The fraction of sp³-hybridized carbons (Fsp3) is 0.409. The van der Waals surface area contributed by atoms with Gasteiger partial charge in [-0.15, -0.1) is 11.3 Å². The minimum absolute atomic E-state index is 0.00655. The number of halogens is 1. The van der Waals surface area contributed by atoms with Gasteiger partial charge in [-0.2, -0.15) is 0 Å². The zero-order chi connectivity index (χ0) is 21.7. The average molecular weight is 449 g/mol. The van der Waals surface area contributed by atoms with E-state index in [9.17, 15) is 14.4 Å². The molecule has 30 heavy (non-hydrogen) atoms. The van der Waals surface area contributed by atoms with Crippen molar-refractivity contribution in [3.63, 3.8) is 0 Å². The highest BCUT2D eigenvalue weighted by molar-refractivity contribution is 7.20. The minimum Gasteiger partial charge on any atom is -0.466 e. The number of nitrogens with zero attached hydrogens (tertiary/aromatic N) is 2. The summed E-state index contributed by atoms with van der Waals surface area (Å²) in [5, 5.41) is 1.59. The van der Waals surface area contributed by atoms with E-state index in [1.54, 1.807) is 24.9 Å². The standard InChI is InChI=1S/C22H25ClN2O4S/c1-3-29-22(28)15-10-12-25(13-11-15)20(27)14-24(2)19(26)9-8-18-21(23)16-6-4-5-7-17(16)30-18/h4-9,15H,3,10-14H2,1-2H3. The summed E-state index contributed by atoms with van der Waals surface area (Å²) in [6.07, 6.45) is 4.32. The number of rotatable bonds is 6. The number of carbonyl (C=O) groups excluding carboxylic acids is 3. The molecular formula is C22H25ClN2O4S. The number of benzene rings is 1. The van der Waals surface area contributed by atoms with Gasteiger partial charge in [0.2, 0.25) is 11.8 Å². The summed E-state index contributed by atoms with van der Waals surface area (Å²) in [6.45, 7) is 3.14. The van der Waals surface area contributed by atoms with Gasteiger partial charge in [0.1, 0.15) is 0 Å². The normalized spacial score (nSPS) is 15.0. The number of hydrogen-bond acceptors (Lipinski definition) is 5. The predicted octanol–water partition coefficient (Wildman–Crippen LogP) is 3.83. The Morgan fingerprint density at radius 3 is 2.63 bits per heavy atom. The lowest BCUT2D eigenvalue weighted by Crippen LogP contribution is -2.45. The van der Waals surface area contributed by atoms with Crippen molar-refractivity contribution in [2.75, 3.05) is 33.3 Å². The zero-order valence-corrected chi connectivity index (χ0v) is 18.7. The van der Waals surface area contributed by atoms with Gasteiger partial charge in [-0.05, 0) is 31.9 Å². The van der Waals surface area contributed by atoms with Crippen molar-refractivity contribution in [2.45, 2.75) is 19.8 Å². The van der Waals surface area contributed by atoms with Crippen LogP contribution >= 0.6 is 22.9 Å². The van der Waals surface area contributed by atoms with Crippen LogP contribution in [0.2, 0.25) is 5.02 Å². The van der Waals surface area contributed by atoms with Crippen molar-refractivity contribution in [1.82, 2.24) is 9.80 Å². The molecule has 1 aliphatic rings. The average Bonchev–Trinajstić information content (AvgIpc) is 3.08. The molecule has 8 heteroatoms. The molecule has 0 N–H and O–H groups in total. The van der Waals surface area contributed by atoms with E-state index in [1.165, 1.54) is 22.3 Å². The number of fused-ring (bicyclic) bond motifs is 1. The number of likely N-dealkylation sites (tertiary alicyclic amines) is 1. The highest BCUT2D eigenvalue weighted by Gasteiger charge is 2.28. The van der Waals surface area contributed by atoms with E-state index in [2.05, 4.69) is 0 Å². The quantitative estimate of drug-likeness (QED) is 0.497. The maximum Gasteiger partial charge on any atom is 0.309 e. The molecule has 0 aliphatic carbocycles. The maximum atomic E-state index is 12.5. The smallest absolute Gasteiger partial charge is 0.309 e. The minimum atomic E-state index is -0.265. The molecule has 0 atom stereocenters. The van der Waals surface area contributed by atoms with Crippen molar-refractivity contribution >= 4 is 56.9 Å². The Hall–Kier alpha value is -2.38. The summed E-state index contributed by atoms with van der Waals surface area (Å²) in [5.74, 6) is -0.732. The molecule has 1 aliphatic heterocycles. The van der Waals surface area contributed by atoms with Crippen LogP contribution in [0.25, 0.3) is 16.2 Å². The molecule has 1 aromatic carbocycles. The molecule has 160 valence electrons. The van der Waals surface area contributed by atoms with Crippen molar-refractivity contribution < 1.29 is 19.1 Å². The highest BCUT2D eigenvalue weighted by Crippen LogP contribution is 2.35. The molecule has 2 amide bonds. The van der Waals surface area contributed by atoms with Gasteiger partial charge in [0.25, 0.3) is 0 Å². The first kappa shape index (κ1) is 22.3. The third kappa shape index (κ3) is 5.21. The van der Waals surface area contributed by atoms with Crippen LogP contribution in [0, 0.1) is 5.92 Å². The largest absolute Gasteiger partial charge is 0.466 e. The monoisotopic (exact) mass is 448 g/mol. The molecule has 1 aromatic heterocycles. The van der Waals surface area contributed by atoms with Gasteiger partial charge in [-0.25, -0.2) is 0 Å². The first-order chi connectivity index (χ1) is 14.4. The molecule has 2 heterocycles. The van der Waals surface area contributed by atoms with Gasteiger partial charge < -0.3 is 14.5 Å². The first-order valence-electron chi connectivity index (χ1n) is 9.95. The summed E-state index contributed by atoms with van der Waals surface area (Å²) >= 11 is 7.92. The lowest BCUT2D eigenvalue weighted by molar-refractivity contribution is -0.151. The summed E-state index contributed by atoms with van der Waals surface area (Å²) < 4.78 is 6.11. The molecule has 1 saturated heterocycles. The molecule has 3 rings (SSSR count). The Morgan fingerprint density at radius 1 is 1.27 bits per heavy atom. The van der Waals surface area contributed by atoms with E-state index in [0.717, 1.165) is 15.0 Å². The van der Waals surface area contributed by atoms with E-state index >= 15 is 0 Å². The van der Waals surface area contributed by atoms with Crippen molar-refractivity contribution in [2.24, 2.45) is 5.92 Å². The van der Waals surface area contributed by atoms with Crippen LogP contribution in [0.5, 0.6) is 0 Å².